The number of nitrogens with two attached hydrogens (primary N) is 1. The number of nitrogens with zero attached hydrogens (tertiary/aromatic N) is 1. The Bertz CT molecular complexity index is 458. The number of piperidine rings is 1. The first-order valence-corrected chi connectivity index (χ1v) is 8.04. The van der Waals surface area contributed by atoms with Gasteiger partial charge in [-0.15, -0.1) is 0 Å². The molecule has 0 bridgehead atoms. The van der Waals surface area contributed by atoms with Crippen LogP contribution in [0.2, 0.25) is 0 Å². The van der Waals surface area contributed by atoms with E-state index in [1.165, 1.54) is 44.2 Å². The zero-order valence-electron chi connectivity index (χ0n) is 12.2. The average molecular weight is 276 g/mol. The zero-order valence-corrected chi connectivity index (χ0v) is 12.2. The number of hydrogen-bond donors (Lipinski definition) is 1. The third-order valence-electron chi connectivity index (χ3n) is 5.01. The normalized spacial score (nSPS) is 26.4. The molecule has 2 aliphatic rings. The van der Waals surface area contributed by atoms with Crippen LogP contribution in [0.15, 0.2) is 18.2 Å². The molecule has 1 saturated carbocycles. The highest BCUT2D eigenvalue weighted by Gasteiger charge is 2.33. The summed E-state index contributed by atoms with van der Waals surface area (Å²) in [4.78, 5) is 2.55. The Morgan fingerprint density at radius 1 is 1.15 bits per heavy atom. The van der Waals surface area contributed by atoms with Crippen molar-refractivity contribution in [3.8, 4) is 0 Å². The Morgan fingerprint density at radius 3 is 2.80 bits per heavy atom. The number of benzene rings is 1. The van der Waals surface area contributed by atoms with Crippen molar-refractivity contribution in [1.82, 2.24) is 0 Å². The number of anilines is 1. The molecule has 0 amide bonds. The van der Waals surface area contributed by atoms with E-state index in [0.717, 1.165) is 24.4 Å². The molecule has 2 N–H and O–H groups in total. The number of rotatable bonds is 3. The SMILES string of the molecule is NCCc1cc(F)ccc1N1CCC[C@H]2CCCC[C@H]21. The van der Waals surface area contributed by atoms with Gasteiger partial charge in [0, 0.05) is 18.3 Å². The highest BCUT2D eigenvalue weighted by Crippen LogP contribution is 2.38. The molecule has 2 nitrogen and oxygen atoms in total. The van der Waals surface area contributed by atoms with Gasteiger partial charge in [0.05, 0.1) is 0 Å². The molecule has 0 spiro atoms. The molecule has 0 aromatic heterocycles. The van der Waals surface area contributed by atoms with Gasteiger partial charge in [0.1, 0.15) is 5.82 Å². The molecule has 1 aliphatic heterocycles. The predicted molar refractivity (Wildman–Crippen MR) is 81.5 cm³/mol. The van der Waals surface area contributed by atoms with E-state index >= 15 is 0 Å². The van der Waals surface area contributed by atoms with Crippen molar-refractivity contribution < 1.29 is 4.39 Å². The third kappa shape index (κ3) is 2.69. The summed E-state index contributed by atoms with van der Waals surface area (Å²) in [5.74, 6) is 0.697. The Hall–Kier alpha value is -1.09. The van der Waals surface area contributed by atoms with Gasteiger partial charge in [-0.05, 0) is 68.3 Å². The summed E-state index contributed by atoms with van der Waals surface area (Å²) >= 11 is 0. The fourth-order valence-corrected chi connectivity index (χ4v) is 4.11. The minimum absolute atomic E-state index is 0.144. The van der Waals surface area contributed by atoms with Crippen LogP contribution < -0.4 is 10.6 Å². The molecule has 1 heterocycles. The van der Waals surface area contributed by atoms with Crippen LogP contribution in [0.5, 0.6) is 0 Å². The summed E-state index contributed by atoms with van der Waals surface area (Å²) in [6.45, 7) is 1.70. The molecular weight excluding hydrogens is 251 g/mol. The summed E-state index contributed by atoms with van der Waals surface area (Å²) in [7, 11) is 0. The third-order valence-corrected chi connectivity index (χ3v) is 5.01. The molecule has 110 valence electrons. The Kier molecular flexibility index (Phi) is 4.25. The van der Waals surface area contributed by atoms with Crippen LogP contribution in [0.3, 0.4) is 0 Å². The molecule has 1 aromatic rings. The van der Waals surface area contributed by atoms with E-state index in [4.69, 9.17) is 5.73 Å². The molecule has 2 fully saturated rings. The van der Waals surface area contributed by atoms with Crippen molar-refractivity contribution >= 4 is 5.69 Å². The first-order valence-electron chi connectivity index (χ1n) is 8.04. The largest absolute Gasteiger partial charge is 0.368 e. The lowest BCUT2D eigenvalue weighted by Gasteiger charge is -2.46. The van der Waals surface area contributed by atoms with Crippen LogP contribution in [0.25, 0.3) is 0 Å². The minimum Gasteiger partial charge on any atom is -0.368 e. The number of fused-ring (bicyclic) bond motifs is 1. The first-order chi connectivity index (χ1) is 9.79. The Labute approximate surface area is 121 Å². The van der Waals surface area contributed by atoms with Crippen molar-refractivity contribution in [2.75, 3.05) is 18.0 Å². The molecule has 3 heteroatoms. The van der Waals surface area contributed by atoms with Crippen LogP contribution in [0.4, 0.5) is 10.1 Å². The second kappa shape index (κ2) is 6.13. The van der Waals surface area contributed by atoms with Gasteiger partial charge in [-0.1, -0.05) is 12.8 Å². The fourth-order valence-electron chi connectivity index (χ4n) is 4.11. The van der Waals surface area contributed by atoms with Crippen LogP contribution in [-0.4, -0.2) is 19.1 Å². The molecule has 1 aliphatic carbocycles. The van der Waals surface area contributed by atoms with E-state index < -0.39 is 0 Å². The predicted octanol–water partition coefficient (Wildman–Crippen LogP) is 3.49. The number of halogens is 1. The van der Waals surface area contributed by atoms with Gasteiger partial charge in [0.2, 0.25) is 0 Å². The molecule has 0 radical (unpaired) electrons. The maximum atomic E-state index is 13.5. The maximum absolute atomic E-state index is 13.5. The molecule has 2 atom stereocenters. The monoisotopic (exact) mass is 276 g/mol. The lowest BCUT2D eigenvalue weighted by molar-refractivity contribution is 0.243. The van der Waals surface area contributed by atoms with Gasteiger partial charge in [-0.25, -0.2) is 4.39 Å². The van der Waals surface area contributed by atoms with Gasteiger partial charge >= 0.3 is 0 Å². The van der Waals surface area contributed by atoms with Crippen molar-refractivity contribution in [2.45, 2.75) is 51.0 Å². The molecule has 0 unspecified atom stereocenters. The van der Waals surface area contributed by atoms with E-state index in [2.05, 4.69) is 4.90 Å². The lowest BCUT2D eigenvalue weighted by Crippen LogP contribution is -2.47. The second-order valence-corrected chi connectivity index (χ2v) is 6.26. The van der Waals surface area contributed by atoms with Gasteiger partial charge < -0.3 is 10.6 Å². The van der Waals surface area contributed by atoms with Crippen LogP contribution in [0.1, 0.15) is 44.1 Å². The fraction of sp³-hybridized carbons (Fsp3) is 0.647. The zero-order chi connectivity index (χ0) is 13.9. The molecule has 1 saturated heterocycles. The van der Waals surface area contributed by atoms with Crippen molar-refractivity contribution in [2.24, 2.45) is 11.7 Å². The van der Waals surface area contributed by atoms with Crippen LogP contribution in [0, 0.1) is 11.7 Å². The summed E-state index contributed by atoms with van der Waals surface area (Å²) in [6.07, 6.45) is 8.79. The highest BCUT2D eigenvalue weighted by atomic mass is 19.1. The van der Waals surface area contributed by atoms with Gasteiger partial charge in [-0.3, -0.25) is 0 Å². The van der Waals surface area contributed by atoms with Crippen molar-refractivity contribution in [3.63, 3.8) is 0 Å². The quantitative estimate of drug-likeness (QED) is 0.915. The van der Waals surface area contributed by atoms with Crippen LogP contribution in [-0.2, 0) is 6.42 Å². The van der Waals surface area contributed by atoms with Crippen molar-refractivity contribution in [3.05, 3.63) is 29.6 Å². The van der Waals surface area contributed by atoms with E-state index in [1.807, 2.05) is 6.07 Å². The van der Waals surface area contributed by atoms with E-state index in [0.29, 0.717) is 12.6 Å². The Morgan fingerprint density at radius 2 is 1.95 bits per heavy atom. The minimum atomic E-state index is -0.144. The lowest BCUT2D eigenvalue weighted by atomic mass is 9.78. The van der Waals surface area contributed by atoms with Crippen molar-refractivity contribution in [1.29, 1.82) is 0 Å². The average Bonchev–Trinajstić information content (AvgIpc) is 2.47. The smallest absolute Gasteiger partial charge is 0.123 e. The topological polar surface area (TPSA) is 29.3 Å². The molecule has 1 aromatic carbocycles. The van der Waals surface area contributed by atoms with Gasteiger partial charge in [-0.2, -0.15) is 0 Å². The van der Waals surface area contributed by atoms with E-state index in [1.54, 1.807) is 12.1 Å². The van der Waals surface area contributed by atoms with Gasteiger partial charge in [0.25, 0.3) is 0 Å². The molecular formula is C17H25FN2. The summed E-state index contributed by atoms with van der Waals surface area (Å²) in [5, 5.41) is 0. The number of hydrogen-bond acceptors (Lipinski definition) is 2. The molecule has 20 heavy (non-hydrogen) atoms. The summed E-state index contributed by atoms with van der Waals surface area (Å²) < 4.78 is 13.5. The molecule has 3 rings (SSSR count). The second-order valence-electron chi connectivity index (χ2n) is 6.26. The van der Waals surface area contributed by atoms with E-state index in [-0.39, 0.29) is 5.82 Å². The highest BCUT2D eigenvalue weighted by molar-refractivity contribution is 5.55. The first kappa shape index (κ1) is 13.9. The standard InChI is InChI=1S/C17H25FN2/c18-15-7-8-17(14(12-15)9-10-19)20-11-3-5-13-4-1-2-6-16(13)20/h7-8,12-13,16H,1-6,9-11,19H2/t13-,16-/m1/s1. The maximum Gasteiger partial charge on any atom is 0.123 e. The summed E-state index contributed by atoms with van der Waals surface area (Å²) in [5.41, 5.74) is 8.01. The Balaban J connectivity index is 1.90. The summed E-state index contributed by atoms with van der Waals surface area (Å²) in [6, 6.07) is 5.91. The van der Waals surface area contributed by atoms with Gasteiger partial charge in [0.15, 0.2) is 0 Å². The van der Waals surface area contributed by atoms with E-state index in [9.17, 15) is 4.39 Å². The van der Waals surface area contributed by atoms with Crippen LogP contribution >= 0.6 is 0 Å².